The summed E-state index contributed by atoms with van der Waals surface area (Å²) in [6.07, 6.45) is 0.427. The number of halogens is 1. The molecule has 0 aliphatic carbocycles. The Morgan fingerprint density at radius 2 is 1.95 bits per heavy atom. The van der Waals surface area contributed by atoms with E-state index in [9.17, 15) is 15.0 Å². The molecular weight excluding hydrogens is 294 g/mol. The summed E-state index contributed by atoms with van der Waals surface area (Å²) in [5.74, 6) is -1.14. The van der Waals surface area contributed by atoms with Crippen LogP contribution in [0.15, 0.2) is 24.3 Å². The molecule has 112 valence electrons. The highest BCUT2D eigenvalue weighted by molar-refractivity contribution is 6.30. The molecule has 0 unspecified atom stereocenters. The Labute approximate surface area is 127 Å². The van der Waals surface area contributed by atoms with Crippen molar-refractivity contribution in [1.82, 2.24) is 15.0 Å². The third kappa shape index (κ3) is 3.80. The number of aliphatic hydroxyl groups is 1. The number of aromatic carboxylic acids is 1. The first-order chi connectivity index (χ1) is 9.78. The van der Waals surface area contributed by atoms with Gasteiger partial charge in [0, 0.05) is 17.1 Å². The van der Waals surface area contributed by atoms with E-state index in [1.807, 2.05) is 0 Å². The number of benzene rings is 1. The van der Waals surface area contributed by atoms with Gasteiger partial charge in [-0.2, -0.15) is 0 Å². The maximum Gasteiger partial charge on any atom is 0.358 e. The number of carboxylic acids is 1. The number of hydrogen-bond donors (Lipinski definition) is 2. The molecule has 1 aromatic heterocycles. The molecule has 0 bridgehead atoms. The minimum absolute atomic E-state index is 0.118. The third-order valence-electron chi connectivity index (χ3n) is 2.99. The Hall–Kier alpha value is -1.92. The lowest BCUT2D eigenvalue weighted by Gasteiger charge is -2.17. The lowest BCUT2D eigenvalue weighted by Crippen LogP contribution is -2.21. The van der Waals surface area contributed by atoms with Crippen molar-refractivity contribution in [2.75, 3.05) is 0 Å². The summed E-state index contributed by atoms with van der Waals surface area (Å²) in [5, 5.41) is 27.2. The molecule has 0 aliphatic rings. The van der Waals surface area contributed by atoms with Crippen LogP contribution in [0.2, 0.25) is 5.02 Å². The fraction of sp³-hybridized carbons (Fsp3) is 0.357. The SMILES string of the molecule is CC(C)(O)CCn1nnc(C(=O)O)c1-c1ccc(Cl)cc1. The van der Waals surface area contributed by atoms with Crippen LogP contribution < -0.4 is 0 Å². The molecule has 0 amide bonds. The summed E-state index contributed by atoms with van der Waals surface area (Å²) < 4.78 is 1.49. The molecule has 0 saturated heterocycles. The number of rotatable bonds is 5. The van der Waals surface area contributed by atoms with Crippen molar-refractivity contribution in [3.8, 4) is 11.3 Å². The standard InChI is InChI=1S/C14H16ClN3O3/c1-14(2,21)7-8-18-12(11(13(19)20)16-17-18)9-3-5-10(15)6-4-9/h3-6,21H,7-8H2,1-2H3,(H,19,20). The largest absolute Gasteiger partial charge is 0.476 e. The van der Waals surface area contributed by atoms with Crippen molar-refractivity contribution in [3.63, 3.8) is 0 Å². The Balaban J connectivity index is 2.42. The molecule has 0 spiro atoms. The number of carboxylic acid groups (broad SMARTS) is 1. The quantitative estimate of drug-likeness (QED) is 0.885. The van der Waals surface area contributed by atoms with Gasteiger partial charge in [-0.3, -0.25) is 0 Å². The maximum atomic E-state index is 11.3. The van der Waals surface area contributed by atoms with E-state index >= 15 is 0 Å². The van der Waals surface area contributed by atoms with Crippen LogP contribution in [0.1, 0.15) is 30.8 Å². The zero-order valence-corrected chi connectivity index (χ0v) is 12.5. The molecule has 0 radical (unpaired) electrons. The van der Waals surface area contributed by atoms with E-state index in [0.29, 0.717) is 29.2 Å². The van der Waals surface area contributed by atoms with Crippen molar-refractivity contribution in [2.45, 2.75) is 32.4 Å². The Kier molecular flexibility index (Phi) is 4.29. The minimum Gasteiger partial charge on any atom is -0.476 e. The first-order valence-electron chi connectivity index (χ1n) is 6.43. The molecule has 0 fully saturated rings. The van der Waals surface area contributed by atoms with Gasteiger partial charge < -0.3 is 10.2 Å². The first-order valence-corrected chi connectivity index (χ1v) is 6.81. The second-order valence-electron chi connectivity index (χ2n) is 5.38. The Bertz CT molecular complexity index is 644. The highest BCUT2D eigenvalue weighted by atomic mass is 35.5. The van der Waals surface area contributed by atoms with Gasteiger partial charge in [-0.1, -0.05) is 28.9 Å². The van der Waals surface area contributed by atoms with Crippen LogP contribution >= 0.6 is 11.6 Å². The molecule has 2 rings (SSSR count). The van der Waals surface area contributed by atoms with Crippen molar-refractivity contribution in [2.24, 2.45) is 0 Å². The molecule has 6 nitrogen and oxygen atoms in total. The van der Waals surface area contributed by atoms with Crippen molar-refractivity contribution in [1.29, 1.82) is 0 Å². The van der Waals surface area contributed by atoms with Crippen LogP contribution in [0.25, 0.3) is 11.3 Å². The number of nitrogens with zero attached hydrogens (tertiary/aromatic N) is 3. The maximum absolute atomic E-state index is 11.3. The van der Waals surface area contributed by atoms with Crippen molar-refractivity contribution < 1.29 is 15.0 Å². The number of carbonyl (C=O) groups is 1. The van der Waals surface area contributed by atoms with Crippen molar-refractivity contribution >= 4 is 17.6 Å². The highest BCUT2D eigenvalue weighted by Gasteiger charge is 2.22. The number of hydrogen-bond acceptors (Lipinski definition) is 4. The molecule has 7 heteroatoms. The van der Waals surface area contributed by atoms with E-state index in [2.05, 4.69) is 10.3 Å². The predicted octanol–water partition coefficient (Wildman–Crippen LogP) is 2.46. The van der Waals surface area contributed by atoms with Crippen LogP contribution in [-0.4, -0.2) is 36.8 Å². The van der Waals surface area contributed by atoms with E-state index in [0.717, 1.165) is 0 Å². The van der Waals surface area contributed by atoms with Gasteiger partial charge in [-0.25, -0.2) is 9.48 Å². The van der Waals surface area contributed by atoms with Gasteiger partial charge in [0.15, 0.2) is 5.69 Å². The average Bonchev–Trinajstić information content (AvgIpc) is 2.80. The summed E-state index contributed by atoms with van der Waals surface area (Å²) in [5.41, 5.74) is 0.0844. The van der Waals surface area contributed by atoms with Gasteiger partial charge >= 0.3 is 5.97 Å². The summed E-state index contributed by atoms with van der Waals surface area (Å²) >= 11 is 5.85. The van der Waals surface area contributed by atoms with Crippen LogP contribution in [0, 0.1) is 0 Å². The summed E-state index contributed by atoms with van der Waals surface area (Å²) in [4.78, 5) is 11.3. The molecule has 0 aliphatic heterocycles. The van der Waals surface area contributed by atoms with E-state index in [-0.39, 0.29) is 5.69 Å². The zero-order chi connectivity index (χ0) is 15.6. The fourth-order valence-corrected chi connectivity index (χ4v) is 2.01. The normalized spacial score (nSPS) is 11.6. The lowest BCUT2D eigenvalue weighted by molar-refractivity contribution is 0.0650. The molecule has 2 N–H and O–H groups in total. The van der Waals surface area contributed by atoms with Gasteiger partial charge in [-0.05, 0) is 32.4 Å². The molecular formula is C14H16ClN3O3. The molecule has 0 saturated carbocycles. The topological polar surface area (TPSA) is 88.2 Å². The van der Waals surface area contributed by atoms with Crippen LogP contribution in [0.4, 0.5) is 0 Å². The third-order valence-corrected chi connectivity index (χ3v) is 3.24. The molecule has 21 heavy (non-hydrogen) atoms. The number of aromatic nitrogens is 3. The van der Waals surface area contributed by atoms with Crippen LogP contribution in [-0.2, 0) is 6.54 Å². The second-order valence-corrected chi connectivity index (χ2v) is 5.82. The van der Waals surface area contributed by atoms with E-state index in [4.69, 9.17) is 11.6 Å². The van der Waals surface area contributed by atoms with E-state index in [1.165, 1.54) is 4.68 Å². The fourth-order valence-electron chi connectivity index (χ4n) is 1.89. The summed E-state index contributed by atoms with van der Waals surface area (Å²) in [7, 11) is 0. The van der Waals surface area contributed by atoms with E-state index < -0.39 is 11.6 Å². The summed E-state index contributed by atoms with van der Waals surface area (Å²) in [6, 6.07) is 6.79. The van der Waals surface area contributed by atoms with Gasteiger partial charge in [-0.15, -0.1) is 5.10 Å². The average molecular weight is 310 g/mol. The second kappa shape index (κ2) is 5.83. The van der Waals surface area contributed by atoms with Gasteiger partial charge in [0.05, 0.1) is 5.60 Å². The molecule has 1 heterocycles. The number of aryl methyl sites for hydroxylation is 1. The zero-order valence-electron chi connectivity index (χ0n) is 11.7. The minimum atomic E-state index is -1.14. The highest BCUT2D eigenvalue weighted by Crippen LogP contribution is 2.25. The monoisotopic (exact) mass is 309 g/mol. The van der Waals surface area contributed by atoms with Crippen molar-refractivity contribution in [3.05, 3.63) is 35.0 Å². The molecule has 2 aromatic rings. The van der Waals surface area contributed by atoms with Gasteiger partial charge in [0.2, 0.25) is 0 Å². The Morgan fingerprint density at radius 1 is 1.33 bits per heavy atom. The van der Waals surface area contributed by atoms with Gasteiger partial charge in [0.1, 0.15) is 5.69 Å². The predicted molar refractivity (Wildman–Crippen MR) is 78.3 cm³/mol. The summed E-state index contributed by atoms with van der Waals surface area (Å²) in [6.45, 7) is 3.73. The van der Waals surface area contributed by atoms with Crippen LogP contribution in [0.3, 0.4) is 0 Å². The Morgan fingerprint density at radius 3 is 2.48 bits per heavy atom. The smallest absolute Gasteiger partial charge is 0.358 e. The van der Waals surface area contributed by atoms with Crippen LogP contribution in [0.5, 0.6) is 0 Å². The first kappa shape index (κ1) is 15.5. The molecule has 1 aromatic carbocycles. The lowest BCUT2D eigenvalue weighted by atomic mass is 10.1. The molecule has 0 atom stereocenters. The van der Waals surface area contributed by atoms with E-state index in [1.54, 1.807) is 38.1 Å². The van der Waals surface area contributed by atoms with Gasteiger partial charge in [0.25, 0.3) is 0 Å².